The quantitative estimate of drug-likeness (QED) is 0.636. The van der Waals surface area contributed by atoms with Crippen LogP contribution in [0.5, 0.6) is 5.75 Å². The molecule has 0 aliphatic heterocycles. The molecule has 0 fully saturated rings. The molecule has 66 valence electrons. The molecule has 0 saturated heterocycles. The highest BCUT2D eigenvalue weighted by Crippen LogP contribution is 2.18. The summed E-state index contributed by atoms with van der Waals surface area (Å²) in [6.07, 6.45) is 0.254. The lowest BCUT2D eigenvalue weighted by Crippen LogP contribution is -2.08. The summed E-state index contributed by atoms with van der Waals surface area (Å²) in [6.45, 7) is 0. The Bertz CT molecular complexity index is 475. The van der Waals surface area contributed by atoms with Crippen LogP contribution in [0.1, 0.15) is 0 Å². The second-order valence-corrected chi connectivity index (χ2v) is 2.58. The predicted octanol–water partition coefficient (Wildman–Crippen LogP) is 1.27. The monoisotopic (exact) mass is 178 g/mol. The molecule has 0 spiro atoms. The molecule has 0 bridgehead atoms. The van der Waals surface area contributed by atoms with E-state index in [-0.39, 0.29) is 5.75 Å². The fraction of sp³-hybridized carbons (Fsp3) is 0. The summed E-state index contributed by atoms with van der Waals surface area (Å²) in [5.41, 5.74) is 0.463. The first-order valence-electron chi connectivity index (χ1n) is 3.58. The Labute approximate surface area is 72.8 Å². The van der Waals surface area contributed by atoms with Crippen molar-refractivity contribution in [1.82, 2.24) is 9.78 Å². The first kappa shape index (κ1) is 7.60. The predicted molar refractivity (Wildman–Crippen MR) is 44.8 cm³/mol. The average molecular weight is 178 g/mol. The number of benzene rings is 1. The van der Waals surface area contributed by atoms with Crippen molar-refractivity contribution < 1.29 is 15.0 Å². The standard InChI is InChI=1S/C8H6N2O3/c11-6-1-2-7-5(3-6)4-9-10(7)8(12)13/h1-4,11H,(H,12,13). The molecule has 0 atom stereocenters. The van der Waals surface area contributed by atoms with Gasteiger partial charge in [-0.25, -0.2) is 4.79 Å². The summed E-state index contributed by atoms with van der Waals surface area (Å²) in [7, 11) is 0. The molecule has 0 aliphatic rings. The van der Waals surface area contributed by atoms with Gasteiger partial charge in [-0.1, -0.05) is 0 Å². The number of hydrogen-bond donors (Lipinski definition) is 2. The number of fused-ring (bicyclic) bond motifs is 1. The molecule has 0 saturated carbocycles. The Hall–Kier alpha value is -2.04. The van der Waals surface area contributed by atoms with E-state index in [0.29, 0.717) is 10.9 Å². The van der Waals surface area contributed by atoms with Gasteiger partial charge in [-0.2, -0.15) is 9.78 Å². The van der Waals surface area contributed by atoms with Crippen molar-refractivity contribution in [1.29, 1.82) is 0 Å². The van der Waals surface area contributed by atoms with Gasteiger partial charge in [0.1, 0.15) is 5.75 Å². The van der Waals surface area contributed by atoms with Gasteiger partial charge in [0.05, 0.1) is 11.7 Å². The van der Waals surface area contributed by atoms with Crippen molar-refractivity contribution in [2.45, 2.75) is 0 Å². The first-order chi connectivity index (χ1) is 6.18. The lowest BCUT2D eigenvalue weighted by molar-refractivity contribution is 0.194. The van der Waals surface area contributed by atoms with E-state index in [9.17, 15) is 4.79 Å². The largest absolute Gasteiger partial charge is 0.508 e. The van der Waals surface area contributed by atoms with Crippen LogP contribution in [0.25, 0.3) is 10.9 Å². The van der Waals surface area contributed by atoms with Gasteiger partial charge in [0, 0.05) is 5.39 Å². The third-order valence-electron chi connectivity index (χ3n) is 1.73. The highest BCUT2D eigenvalue weighted by atomic mass is 16.4. The summed E-state index contributed by atoms with van der Waals surface area (Å²) in [5, 5.41) is 22.0. The minimum Gasteiger partial charge on any atom is -0.508 e. The molecule has 0 radical (unpaired) electrons. The van der Waals surface area contributed by atoms with Crippen LogP contribution in [0.2, 0.25) is 0 Å². The molecule has 5 heteroatoms. The number of carbonyl (C=O) groups is 1. The minimum absolute atomic E-state index is 0.0949. The Morgan fingerprint density at radius 1 is 1.46 bits per heavy atom. The number of carboxylic acid groups (broad SMARTS) is 1. The number of nitrogens with zero attached hydrogens (tertiary/aromatic N) is 2. The Morgan fingerprint density at radius 3 is 2.92 bits per heavy atom. The summed E-state index contributed by atoms with van der Waals surface area (Å²) in [5.74, 6) is 0.0949. The summed E-state index contributed by atoms with van der Waals surface area (Å²) < 4.78 is 0.856. The third-order valence-corrected chi connectivity index (χ3v) is 1.73. The van der Waals surface area contributed by atoms with Crippen LogP contribution in [-0.2, 0) is 0 Å². The van der Waals surface area contributed by atoms with E-state index in [0.717, 1.165) is 4.68 Å². The van der Waals surface area contributed by atoms with E-state index in [2.05, 4.69) is 5.10 Å². The lowest BCUT2D eigenvalue weighted by atomic mass is 10.2. The zero-order valence-corrected chi connectivity index (χ0v) is 6.51. The zero-order chi connectivity index (χ0) is 9.42. The number of phenolic OH excluding ortho intramolecular Hbond substituents is 1. The topological polar surface area (TPSA) is 75.3 Å². The fourth-order valence-corrected chi connectivity index (χ4v) is 1.17. The molecule has 1 heterocycles. The summed E-state index contributed by atoms with van der Waals surface area (Å²) in [4.78, 5) is 10.6. The maximum atomic E-state index is 10.6. The average Bonchev–Trinajstić information content (AvgIpc) is 2.46. The van der Waals surface area contributed by atoms with Crippen LogP contribution < -0.4 is 0 Å². The normalized spacial score (nSPS) is 10.5. The van der Waals surface area contributed by atoms with Crippen LogP contribution in [0, 0.1) is 0 Å². The molecule has 2 N–H and O–H groups in total. The highest BCUT2D eigenvalue weighted by Gasteiger charge is 2.07. The number of aromatic hydroxyl groups is 1. The van der Waals surface area contributed by atoms with Crippen molar-refractivity contribution >= 4 is 17.0 Å². The van der Waals surface area contributed by atoms with Crippen molar-refractivity contribution in [3.63, 3.8) is 0 Å². The van der Waals surface area contributed by atoms with Gasteiger partial charge in [-0.05, 0) is 18.2 Å². The lowest BCUT2D eigenvalue weighted by Gasteiger charge is -1.95. The molecule has 1 aromatic carbocycles. The molecule has 5 nitrogen and oxygen atoms in total. The van der Waals surface area contributed by atoms with Crippen molar-refractivity contribution in [3.8, 4) is 5.75 Å². The van der Waals surface area contributed by atoms with Gasteiger partial charge in [0.2, 0.25) is 0 Å². The van der Waals surface area contributed by atoms with Gasteiger partial charge in [0.25, 0.3) is 0 Å². The van der Waals surface area contributed by atoms with E-state index in [1.54, 1.807) is 0 Å². The number of rotatable bonds is 0. The molecular formula is C8H6N2O3. The molecule has 13 heavy (non-hydrogen) atoms. The van der Waals surface area contributed by atoms with Gasteiger partial charge in [-0.15, -0.1) is 0 Å². The van der Waals surface area contributed by atoms with E-state index in [1.165, 1.54) is 24.4 Å². The maximum absolute atomic E-state index is 10.6. The second-order valence-electron chi connectivity index (χ2n) is 2.58. The summed E-state index contributed by atoms with van der Waals surface area (Å²) >= 11 is 0. The smallest absolute Gasteiger partial charge is 0.432 e. The SMILES string of the molecule is O=C(O)n1ncc2cc(O)ccc21. The third kappa shape index (κ3) is 1.10. The molecule has 1 aromatic heterocycles. The van der Waals surface area contributed by atoms with Crippen LogP contribution in [-0.4, -0.2) is 26.1 Å². The Morgan fingerprint density at radius 2 is 2.23 bits per heavy atom. The number of hydrogen-bond acceptors (Lipinski definition) is 3. The van der Waals surface area contributed by atoms with Crippen molar-refractivity contribution in [3.05, 3.63) is 24.4 Å². The van der Waals surface area contributed by atoms with Crippen LogP contribution in [0.15, 0.2) is 24.4 Å². The summed E-state index contributed by atoms with van der Waals surface area (Å²) in [6, 6.07) is 4.39. The highest BCUT2D eigenvalue weighted by molar-refractivity contribution is 5.87. The van der Waals surface area contributed by atoms with E-state index >= 15 is 0 Å². The molecule has 0 amide bonds. The zero-order valence-electron chi connectivity index (χ0n) is 6.51. The van der Waals surface area contributed by atoms with E-state index < -0.39 is 6.09 Å². The number of aromatic nitrogens is 2. The van der Waals surface area contributed by atoms with Crippen molar-refractivity contribution in [2.75, 3.05) is 0 Å². The molecular weight excluding hydrogens is 172 g/mol. The molecule has 2 rings (SSSR count). The number of phenols is 1. The van der Waals surface area contributed by atoms with Crippen molar-refractivity contribution in [2.24, 2.45) is 0 Å². The van der Waals surface area contributed by atoms with Gasteiger partial charge >= 0.3 is 6.09 Å². The van der Waals surface area contributed by atoms with Crippen LogP contribution >= 0.6 is 0 Å². The Kier molecular flexibility index (Phi) is 1.45. The molecule has 0 aliphatic carbocycles. The van der Waals surface area contributed by atoms with Gasteiger partial charge < -0.3 is 10.2 Å². The minimum atomic E-state index is -1.14. The van der Waals surface area contributed by atoms with Gasteiger partial charge in [0.15, 0.2) is 0 Å². The Balaban J connectivity index is 2.76. The molecule has 2 aromatic rings. The van der Waals surface area contributed by atoms with Crippen LogP contribution in [0.3, 0.4) is 0 Å². The fourth-order valence-electron chi connectivity index (χ4n) is 1.17. The van der Waals surface area contributed by atoms with Gasteiger partial charge in [-0.3, -0.25) is 0 Å². The second kappa shape index (κ2) is 2.48. The van der Waals surface area contributed by atoms with Crippen LogP contribution in [0.4, 0.5) is 4.79 Å². The molecule has 0 unspecified atom stereocenters. The first-order valence-corrected chi connectivity index (χ1v) is 3.58. The van der Waals surface area contributed by atoms with E-state index in [1.807, 2.05) is 0 Å². The van der Waals surface area contributed by atoms with E-state index in [4.69, 9.17) is 10.2 Å². The maximum Gasteiger partial charge on any atom is 0.432 e.